The molecule has 1 spiro atoms. The van der Waals surface area contributed by atoms with Gasteiger partial charge in [0.25, 0.3) is 0 Å². The highest BCUT2D eigenvalue weighted by atomic mass is 16.7. The minimum absolute atomic E-state index is 0.0136. The number of hydrogen-bond acceptors (Lipinski definition) is 8. The van der Waals surface area contributed by atoms with Crippen LogP contribution < -0.4 is 0 Å². The Hall–Kier alpha value is -2.03. The van der Waals surface area contributed by atoms with Crippen molar-refractivity contribution in [2.45, 2.75) is 95.7 Å². The molecule has 0 aromatic heterocycles. The molecule has 1 saturated heterocycles. The Labute approximate surface area is 217 Å². The lowest BCUT2D eigenvalue weighted by Gasteiger charge is -2.58. The van der Waals surface area contributed by atoms with Crippen LogP contribution in [0.2, 0.25) is 0 Å². The largest absolute Gasteiger partial charge is 0.458 e. The van der Waals surface area contributed by atoms with E-state index in [2.05, 4.69) is 13.8 Å². The predicted molar refractivity (Wildman–Crippen MR) is 131 cm³/mol. The first-order chi connectivity index (χ1) is 17.5. The van der Waals surface area contributed by atoms with Gasteiger partial charge in [-0.25, -0.2) is 4.79 Å². The summed E-state index contributed by atoms with van der Waals surface area (Å²) in [6.45, 7) is 7.46. The highest BCUT2D eigenvalue weighted by Gasteiger charge is 2.84. The second-order valence-electron chi connectivity index (χ2n) is 12.7. The zero-order chi connectivity index (χ0) is 26.5. The number of hydrogen-bond donors (Lipinski definition) is 2. The Bertz CT molecular complexity index is 1110. The van der Waals surface area contributed by atoms with E-state index >= 15 is 0 Å². The van der Waals surface area contributed by atoms with Crippen molar-refractivity contribution in [2.75, 3.05) is 6.61 Å². The number of epoxide rings is 1. The van der Waals surface area contributed by atoms with E-state index in [1.54, 1.807) is 0 Å². The van der Waals surface area contributed by atoms with Gasteiger partial charge in [-0.1, -0.05) is 19.4 Å². The van der Waals surface area contributed by atoms with E-state index in [-0.39, 0.29) is 47.8 Å². The lowest BCUT2D eigenvalue weighted by molar-refractivity contribution is -0.205. The molecule has 11 atom stereocenters. The van der Waals surface area contributed by atoms with E-state index in [1.165, 1.54) is 19.1 Å². The van der Waals surface area contributed by atoms with Crippen LogP contribution in [0, 0.1) is 35.0 Å². The first-order valence-corrected chi connectivity index (χ1v) is 13.8. The molecular formula is C29H38O8. The third kappa shape index (κ3) is 3.15. The fourth-order valence-corrected chi connectivity index (χ4v) is 9.65. The van der Waals surface area contributed by atoms with Crippen LogP contribution in [0.25, 0.3) is 0 Å². The maximum Gasteiger partial charge on any atom is 0.336 e. The molecule has 0 amide bonds. The van der Waals surface area contributed by atoms with Crippen LogP contribution in [-0.2, 0) is 28.6 Å². The Kier molecular flexibility index (Phi) is 5.62. The van der Waals surface area contributed by atoms with Crippen LogP contribution in [0.1, 0.15) is 66.2 Å². The number of esters is 2. The summed E-state index contributed by atoms with van der Waals surface area (Å²) in [4.78, 5) is 38.4. The number of ether oxygens (including phenoxy) is 3. The lowest BCUT2D eigenvalue weighted by atomic mass is 9.47. The van der Waals surface area contributed by atoms with Crippen molar-refractivity contribution in [3.05, 3.63) is 23.3 Å². The maximum atomic E-state index is 13.6. The van der Waals surface area contributed by atoms with Crippen LogP contribution in [0.5, 0.6) is 0 Å². The number of rotatable bonds is 4. The Balaban J connectivity index is 1.31. The summed E-state index contributed by atoms with van der Waals surface area (Å²) in [5, 5.41) is 20.5. The van der Waals surface area contributed by atoms with Crippen molar-refractivity contribution < 1.29 is 38.8 Å². The third-order valence-corrected chi connectivity index (χ3v) is 11.3. The summed E-state index contributed by atoms with van der Waals surface area (Å²) in [7, 11) is 0. The van der Waals surface area contributed by atoms with Crippen molar-refractivity contribution in [2.24, 2.45) is 35.0 Å². The minimum atomic E-state index is -1.48. The van der Waals surface area contributed by atoms with Crippen LogP contribution in [0.4, 0.5) is 0 Å². The van der Waals surface area contributed by atoms with E-state index in [4.69, 9.17) is 14.2 Å². The summed E-state index contributed by atoms with van der Waals surface area (Å²) in [6, 6.07) is 0. The first kappa shape index (κ1) is 25.3. The van der Waals surface area contributed by atoms with Gasteiger partial charge < -0.3 is 24.4 Å². The van der Waals surface area contributed by atoms with Crippen molar-refractivity contribution in [3.8, 4) is 0 Å². The Morgan fingerprint density at radius 2 is 2.00 bits per heavy atom. The van der Waals surface area contributed by atoms with Gasteiger partial charge >= 0.3 is 11.9 Å². The molecule has 6 aliphatic rings. The van der Waals surface area contributed by atoms with Gasteiger partial charge in [0.2, 0.25) is 11.4 Å². The van der Waals surface area contributed by atoms with Crippen LogP contribution in [-0.4, -0.2) is 64.1 Å². The molecule has 3 saturated carbocycles. The maximum absolute atomic E-state index is 13.6. The van der Waals surface area contributed by atoms with Gasteiger partial charge in [-0.15, -0.1) is 0 Å². The zero-order valence-electron chi connectivity index (χ0n) is 22.1. The molecule has 2 heterocycles. The average molecular weight is 515 g/mol. The van der Waals surface area contributed by atoms with Crippen molar-refractivity contribution in [1.29, 1.82) is 0 Å². The number of ketones is 1. The highest BCUT2D eigenvalue weighted by molar-refractivity contribution is 6.02. The van der Waals surface area contributed by atoms with E-state index in [0.29, 0.717) is 30.3 Å². The van der Waals surface area contributed by atoms with E-state index in [9.17, 15) is 24.6 Å². The highest BCUT2D eigenvalue weighted by Crippen LogP contribution is 2.71. The molecule has 0 aromatic carbocycles. The fraction of sp³-hybridized carbons (Fsp3) is 0.759. The van der Waals surface area contributed by atoms with Gasteiger partial charge in [0.05, 0.1) is 18.3 Å². The van der Waals surface area contributed by atoms with Gasteiger partial charge in [-0.3, -0.25) is 9.59 Å². The molecule has 6 rings (SSSR count). The molecule has 0 bridgehead atoms. The van der Waals surface area contributed by atoms with Gasteiger partial charge in [0.1, 0.15) is 12.2 Å². The standard InChI is InChI=1S/C29H38O8/c1-14-11-22(35-26(34)18(14)13-30)15(2)19-5-6-20-17-12-25-29(37-25)24(33)8-7-23(32)28(29,36-16(3)31)21(17)9-10-27(19,20)4/h7-8,15,17,19-22,24-25,30,33H,5-6,9-13H2,1-4H3. The fourth-order valence-electron chi connectivity index (χ4n) is 9.65. The number of aliphatic hydroxyl groups is 2. The molecule has 0 aromatic rings. The molecule has 0 radical (unpaired) electrons. The van der Waals surface area contributed by atoms with E-state index in [1.807, 2.05) is 6.92 Å². The number of carbonyl (C=O) groups excluding carboxylic acids is 3. The predicted octanol–water partition coefficient (Wildman–Crippen LogP) is 2.65. The van der Waals surface area contributed by atoms with Gasteiger partial charge in [0.15, 0.2) is 5.60 Å². The molecule has 4 aliphatic carbocycles. The molecule has 8 heteroatoms. The summed E-state index contributed by atoms with van der Waals surface area (Å²) in [6.07, 6.45) is 6.27. The molecule has 202 valence electrons. The molecule has 4 fully saturated rings. The summed E-state index contributed by atoms with van der Waals surface area (Å²) in [5.74, 6) is -0.485. The molecular weight excluding hydrogens is 476 g/mol. The first-order valence-electron chi connectivity index (χ1n) is 13.8. The van der Waals surface area contributed by atoms with Gasteiger partial charge in [-0.2, -0.15) is 0 Å². The third-order valence-electron chi connectivity index (χ3n) is 11.3. The van der Waals surface area contributed by atoms with Crippen LogP contribution in [0.3, 0.4) is 0 Å². The quantitative estimate of drug-likeness (QED) is 0.434. The topological polar surface area (TPSA) is 123 Å². The average Bonchev–Trinajstić information content (AvgIpc) is 3.47. The lowest BCUT2D eigenvalue weighted by Crippen LogP contribution is -2.71. The molecule has 11 unspecified atom stereocenters. The number of fused-ring (bicyclic) bond motifs is 4. The van der Waals surface area contributed by atoms with Crippen molar-refractivity contribution >= 4 is 17.7 Å². The van der Waals surface area contributed by atoms with E-state index < -0.39 is 29.2 Å². The second-order valence-corrected chi connectivity index (χ2v) is 12.7. The summed E-state index contributed by atoms with van der Waals surface area (Å²) < 4.78 is 18.0. The summed E-state index contributed by atoms with van der Waals surface area (Å²) >= 11 is 0. The van der Waals surface area contributed by atoms with Crippen molar-refractivity contribution in [3.63, 3.8) is 0 Å². The van der Waals surface area contributed by atoms with Crippen LogP contribution >= 0.6 is 0 Å². The van der Waals surface area contributed by atoms with Gasteiger partial charge in [0, 0.05) is 19.3 Å². The number of cyclic esters (lactones) is 1. The SMILES string of the molecule is CC(=O)OC12C(=O)C=CC(O)C13OC3CC1C3CCC(C(C)C4CC(C)=C(CO)C(=O)O4)C3(C)CCC12. The monoisotopic (exact) mass is 514 g/mol. The molecule has 8 nitrogen and oxygen atoms in total. The zero-order valence-corrected chi connectivity index (χ0v) is 22.1. The number of aliphatic hydroxyl groups excluding tert-OH is 2. The van der Waals surface area contributed by atoms with Crippen LogP contribution in [0.15, 0.2) is 23.3 Å². The number of carbonyl (C=O) groups is 3. The molecule has 2 aliphatic heterocycles. The second kappa shape index (κ2) is 8.23. The van der Waals surface area contributed by atoms with Crippen molar-refractivity contribution in [1.82, 2.24) is 0 Å². The smallest absolute Gasteiger partial charge is 0.336 e. The summed E-state index contributed by atoms with van der Waals surface area (Å²) in [5.41, 5.74) is -1.39. The minimum Gasteiger partial charge on any atom is -0.458 e. The van der Waals surface area contributed by atoms with Gasteiger partial charge in [-0.05, 0) is 80.3 Å². The Morgan fingerprint density at radius 3 is 2.68 bits per heavy atom. The Morgan fingerprint density at radius 1 is 1.24 bits per heavy atom. The molecule has 37 heavy (non-hydrogen) atoms. The molecule has 2 N–H and O–H groups in total. The normalized spacial score (nSPS) is 48.9. The van der Waals surface area contributed by atoms with E-state index in [0.717, 1.165) is 31.3 Å².